The number of carbonyl (C=O) groups is 2. The molecule has 11 nitrogen and oxygen atoms in total. The highest BCUT2D eigenvalue weighted by Gasteiger charge is 2.23. The second kappa shape index (κ2) is 11.1. The number of benzene rings is 1. The third kappa shape index (κ3) is 6.04. The summed E-state index contributed by atoms with van der Waals surface area (Å²) in [6, 6.07) is 11.3. The average molecular weight is 559 g/mol. The van der Waals surface area contributed by atoms with Gasteiger partial charge in [-0.25, -0.2) is 13.9 Å². The van der Waals surface area contributed by atoms with Gasteiger partial charge in [0, 0.05) is 49.0 Å². The van der Waals surface area contributed by atoms with Gasteiger partial charge in [0.15, 0.2) is 11.6 Å². The number of rotatable bonds is 9. The van der Waals surface area contributed by atoms with Gasteiger partial charge in [0.2, 0.25) is 5.91 Å². The van der Waals surface area contributed by atoms with Gasteiger partial charge in [-0.3, -0.25) is 14.8 Å². The second-order valence-corrected chi connectivity index (χ2v) is 10.2. The van der Waals surface area contributed by atoms with Crippen LogP contribution >= 0.6 is 11.3 Å². The van der Waals surface area contributed by atoms with Gasteiger partial charge in [-0.15, -0.1) is 16.4 Å². The number of halogens is 1. The molecule has 202 valence electrons. The highest BCUT2D eigenvalue weighted by molar-refractivity contribution is 7.22. The van der Waals surface area contributed by atoms with Crippen molar-refractivity contribution in [1.82, 2.24) is 35.6 Å². The van der Waals surface area contributed by atoms with E-state index in [2.05, 4.69) is 36.2 Å². The number of hydrogen-bond donors (Lipinski definition) is 3. The zero-order chi connectivity index (χ0) is 27.5. The summed E-state index contributed by atoms with van der Waals surface area (Å²) in [6.45, 7) is 0.381. The normalized spacial score (nSPS) is 12.7. The van der Waals surface area contributed by atoms with Gasteiger partial charge in [-0.2, -0.15) is 0 Å². The minimum Gasteiger partial charge on any atom is -0.453 e. The Morgan fingerprint density at radius 1 is 1.12 bits per heavy atom. The summed E-state index contributed by atoms with van der Waals surface area (Å²) in [5.74, 6) is -0.384. The van der Waals surface area contributed by atoms with Crippen LogP contribution in [0.15, 0.2) is 67.3 Å². The number of hydrogen-bond acceptors (Lipinski definition) is 8. The van der Waals surface area contributed by atoms with Crippen LogP contribution in [0.2, 0.25) is 0 Å². The lowest BCUT2D eigenvalue weighted by molar-refractivity contribution is -0.122. The highest BCUT2D eigenvalue weighted by Crippen LogP contribution is 2.39. The molecule has 1 aromatic carbocycles. The van der Waals surface area contributed by atoms with E-state index in [1.165, 1.54) is 28.2 Å². The van der Waals surface area contributed by atoms with Crippen LogP contribution in [0.5, 0.6) is 11.5 Å². The van der Waals surface area contributed by atoms with Crippen LogP contribution < -0.4 is 20.7 Å². The predicted molar refractivity (Wildman–Crippen MR) is 146 cm³/mol. The van der Waals surface area contributed by atoms with Crippen molar-refractivity contribution in [2.45, 2.75) is 32.0 Å². The molecule has 1 fully saturated rings. The number of amides is 3. The van der Waals surface area contributed by atoms with E-state index < -0.39 is 5.82 Å². The molecule has 4 heterocycles. The van der Waals surface area contributed by atoms with Crippen LogP contribution in [0, 0.1) is 5.82 Å². The Balaban J connectivity index is 1.13. The summed E-state index contributed by atoms with van der Waals surface area (Å²) in [5.41, 5.74) is 2.45. The van der Waals surface area contributed by atoms with Gasteiger partial charge in [0.25, 0.3) is 0 Å². The number of anilines is 1. The third-order valence-corrected chi connectivity index (χ3v) is 7.17. The summed E-state index contributed by atoms with van der Waals surface area (Å²) in [5, 5.41) is 16.5. The first-order chi connectivity index (χ1) is 19.5. The number of carbonyl (C=O) groups excluding carboxylic acids is 2. The van der Waals surface area contributed by atoms with E-state index in [4.69, 9.17) is 4.74 Å². The summed E-state index contributed by atoms with van der Waals surface area (Å²) in [7, 11) is 0. The summed E-state index contributed by atoms with van der Waals surface area (Å²) < 4.78 is 22.9. The van der Waals surface area contributed by atoms with Crippen molar-refractivity contribution < 1.29 is 18.7 Å². The quantitative estimate of drug-likeness (QED) is 0.243. The molecule has 13 heteroatoms. The molecule has 6 rings (SSSR count). The minimum atomic E-state index is -0.615. The Morgan fingerprint density at radius 2 is 2.02 bits per heavy atom. The fourth-order valence-corrected chi connectivity index (χ4v) is 4.89. The molecule has 1 aliphatic carbocycles. The fraction of sp³-hybridized carbons (Fsp3) is 0.185. The monoisotopic (exact) mass is 558 g/mol. The average Bonchev–Trinajstić information content (AvgIpc) is 3.45. The predicted octanol–water partition coefficient (Wildman–Crippen LogP) is 4.48. The highest BCUT2D eigenvalue weighted by atomic mass is 32.1. The molecule has 1 aliphatic rings. The molecule has 1 saturated carbocycles. The third-order valence-electron chi connectivity index (χ3n) is 6.01. The molecule has 0 saturated heterocycles. The van der Waals surface area contributed by atoms with Crippen molar-refractivity contribution >= 4 is 39.2 Å². The van der Waals surface area contributed by atoms with Crippen LogP contribution in [0.25, 0.3) is 20.8 Å². The topological polar surface area (TPSA) is 136 Å². The Kier molecular flexibility index (Phi) is 7.02. The maximum Gasteiger partial charge on any atom is 0.319 e. The SMILES string of the molecule is O=C(Cn1cc(-c2cc3nccc(Oc4ccc(NC(=O)NC5CC5)cc4F)c3s2)nn1)NCc1cccnc1. The van der Waals surface area contributed by atoms with Crippen LogP contribution in [-0.4, -0.2) is 42.9 Å². The van der Waals surface area contributed by atoms with Crippen LogP contribution in [-0.2, 0) is 17.9 Å². The minimum absolute atomic E-state index is 0.0111. The molecular formula is C27H23FN8O3S. The molecule has 0 atom stereocenters. The molecular weight excluding hydrogens is 535 g/mol. The van der Waals surface area contributed by atoms with Crippen molar-refractivity contribution in [3.05, 3.63) is 78.6 Å². The molecule has 3 N–H and O–H groups in total. The number of thiophene rings is 1. The number of pyridine rings is 2. The first kappa shape index (κ1) is 25.4. The maximum atomic E-state index is 14.8. The lowest BCUT2D eigenvalue weighted by Gasteiger charge is -2.10. The van der Waals surface area contributed by atoms with Crippen LogP contribution in [0.3, 0.4) is 0 Å². The van der Waals surface area contributed by atoms with Gasteiger partial charge in [0.1, 0.15) is 18.0 Å². The van der Waals surface area contributed by atoms with Gasteiger partial charge >= 0.3 is 6.03 Å². The van der Waals surface area contributed by atoms with Crippen molar-refractivity contribution in [2.75, 3.05) is 5.32 Å². The van der Waals surface area contributed by atoms with Gasteiger partial charge in [-0.1, -0.05) is 11.3 Å². The molecule has 4 aromatic heterocycles. The maximum absolute atomic E-state index is 14.8. The number of ether oxygens (including phenoxy) is 1. The first-order valence-corrected chi connectivity index (χ1v) is 13.3. The molecule has 3 amide bonds. The lowest BCUT2D eigenvalue weighted by Crippen LogP contribution is -2.30. The van der Waals surface area contributed by atoms with E-state index in [0.717, 1.165) is 23.3 Å². The van der Waals surface area contributed by atoms with Crippen molar-refractivity contribution in [3.8, 4) is 22.1 Å². The number of urea groups is 1. The van der Waals surface area contributed by atoms with E-state index in [-0.39, 0.29) is 30.3 Å². The van der Waals surface area contributed by atoms with Crippen molar-refractivity contribution in [2.24, 2.45) is 0 Å². The second-order valence-electron chi connectivity index (χ2n) is 9.19. The molecule has 0 aliphatic heterocycles. The van der Waals surface area contributed by atoms with Crippen molar-refractivity contribution in [1.29, 1.82) is 0 Å². The summed E-state index contributed by atoms with van der Waals surface area (Å²) in [6.07, 6.45) is 8.55. The zero-order valence-electron chi connectivity index (χ0n) is 21.0. The number of nitrogens with one attached hydrogen (secondary N) is 3. The fourth-order valence-electron chi connectivity index (χ4n) is 3.88. The van der Waals surface area contributed by atoms with E-state index >= 15 is 0 Å². The Morgan fingerprint density at radius 3 is 2.83 bits per heavy atom. The van der Waals surface area contributed by atoms with Gasteiger partial charge in [0.05, 0.1) is 21.3 Å². The van der Waals surface area contributed by atoms with E-state index in [1.807, 2.05) is 18.2 Å². The standard InChI is InChI=1S/C27H23FN8O3S/c28-19-10-18(33-27(38)32-17-3-4-17)5-6-22(19)39-23-7-9-30-20-11-24(40-26(20)23)21-14-36(35-34-21)15-25(37)31-13-16-2-1-8-29-12-16/h1-2,5-12,14,17H,3-4,13,15H2,(H,31,37)(H2,32,33,38). The van der Waals surface area contributed by atoms with Crippen LogP contribution in [0.4, 0.5) is 14.9 Å². The molecule has 0 spiro atoms. The molecule has 0 unspecified atom stereocenters. The summed E-state index contributed by atoms with van der Waals surface area (Å²) in [4.78, 5) is 33.5. The molecule has 0 radical (unpaired) electrons. The molecule has 0 bridgehead atoms. The lowest BCUT2D eigenvalue weighted by atomic mass is 10.3. The van der Waals surface area contributed by atoms with Gasteiger partial charge in [-0.05, 0) is 42.7 Å². The van der Waals surface area contributed by atoms with Crippen molar-refractivity contribution in [3.63, 3.8) is 0 Å². The molecule has 40 heavy (non-hydrogen) atoms. The Labute approximate surface area is 231 Å². The van der Waals surface area contributed by atoms with E-state index in [1.54, 1.807) is 36.9 Å². The number of nitrogens with zero attached hydrogens (tertiary/aromatic N) is 5. The summed E-state index contributed by atoms with van der Waals surface area (Å²) >= 11 is 1.37. The molecule has 5 aromatic rings. The first-order valence-electron chi connectivity index (χ1n) is 12.5. The smallest absolute Gasteiger partial charge is 0.319 e. The van der Waals surface area contributed by atoms with Crippen LogP contribution in [0.1, 0.15) is 18.4 Å². The van der Waals surface area contributed by atoms with E-state index in [0.29, 0.717) is 33.9 Å². The number of aromatic nitrogens is 5. The Hall–Kier alpha value is -4.91. The Bertz CT molecular complexity index is 1690. The zero-order valence-corrected chi connectivity index (χ0v) is 21.8. The largest absolute Gasteiger partial charge is 0.453 e. The van der Waals surface area contributed by atoms with Gasteiger partial charge < -0.3 is 20.7 Å². The number of fused-ring (bicyclic) bond motifs is 1. The van der Waals surface area contributed by atoms with E-state index in [9.17, 15) is 14.0 Å².